The molecule has 0 aliphatic carbocycles. The van der Waals surface area contributed by atoms with Crippen molar-refractivity contribution < 1.29 is 14.6 Å². The zero-order valence-electron chi connectivity index (χ0n) is 12.4. The minimum Gasteiger partial charge on any atom is -0.486 e. The van der Waals surface area contributed by atoms with Crippen LogP contribution in [0.1, 0.15) is 16.3 Å². The topological polar surface area (TPSA) is 62.7 Å². The van der Waals surface area contributed by atoms with E-state index in [0.29, 0.717) is 19.7 Å². The second kappa shape index (κ2) is 6.46. The van der Waals surface area contributed by atoms with Gasteiger partial charge in [0.1, 0.15) is 17.4 Å². The van der Waals surface area contributed by atoms with Crippen LogP contribution < -0.4 is 4.74 Å². The Balaban J connectivity index is 1.50. The smallest absolute Gasteiger partial charge is 0.228 e. The molecular weight excluding hydrogens is 300 g/mol. The Hall–Kier alpha value is -1.92. The number of carbonyl (C=O) groups excluding carboxylic acids is 1. The summed E-state index contributed by atoms with van der Waals surface area (Å²) in [5.74, 6) is 0.828. The molecule has 0 spiro atoms. The predicted octanol–water partition coefficient (Wildman–Crippen LogP) is 1.78. The third kappa shape index (κ3) is 3.64. The summed E-state index contributed by atoms with van der Waals surface area (Å²) < 4.78 is 5.68. The molecule has 2 aromatic rings. The monoisotopic (exact) mass is 318 g/mol. The molecule has 0 atom stereocenters. The van der Waals surface area contributed by atoms with E-state index in [1.54, 1.807) is 4.90 Å². The van der Waals surface area contributed by atoms with Crippen LogP contribution in [0.3, 0.4) is 0 Å². The van der Waals surface area contributed by atoms with Crippen molar-refractivity contribution in [1.29, 1.82) is 0 Å². The summed E-state index contributed by atoms with van der Waals surface area (Å²) >= 11 is 1.50. The molecule has 2 heterocycles. The maximum Gasteiger partial charge on any atom is 0.228 e. The van der Waals surface area contributed by atoms with E-state index in [1.807, 2.05) is 36.6 Å². The molecule has 1 N–H and O–H groups in total. The molecular formula is C16H18N2O3S. The minimum absolute atomic E-state index is 0.0154. The SMILES string of the molecule is Cc1ccc(OCc2nc(CC(=O)N3CC(O)C3)cs2)cc1. The molecule has 1 saturated heterocycles. The molecule has 0 bridgehead atoms. The lowest BCUT2D eigenvalue weighted by Crippen LogP contribution is -2.53. The van der Waals surface area contributed by atoms with Gasteiger partial charge in [0.15, 0.2) is 0 Å². The van der Waals surface area contributed by atoms with Gasteiger partial charge in [0.05, 0.1) is 18.2 Å². The third-order valence-electron chi connectivity index (χ3n) is 3.53. The number of aliphatic hydroxyl groups is 1. The molecule has 1 aromatic heterocycles. The Bertz CT molecular complexity index is 648. The number of rotatable bonds is 5. The fourth-order valence-corrected chi connectivity index (χ4v) is 2.91. The van der Waals surface area contributed by atoms with E-state index in [9.17, 15) is 9.90 Å². The average molecular weight is 318 g/mol. The van der Waals surface area contributed by atoms with Gasteiger partial charge in [-0.3, -0.25) is 4.79 Å². The van der Waals surface area contributed by atoms with Crippen molar-refractivity contribution in [1.82, 2.24) is 9.88 Å². The molecule has 0 radical (unpaired) electrons. The molecule has 116 valence electrons. The van der Waals surface area contributed by atoms with Crippen molar-refractivity contribution in [3.05, 3.63) is 45.9 Å². The summed E-state index contributed by atoms with van der Waals surface area (Å²) in [6.07, 6.45) is -0.0776. The van der Waals surface area contributed by atoms with Gasteiger partial charge in [-0.15, -0.1) is 11.3 Å². The zero-order chi connectivity index (χ0) is 15.5. The predicted molar refractivity (Wildman–Crippen MR) is 83.9 cm³/mol. The van der Waals surface area contributed by atoms with E-state index in [-0.39, 0.29) is 18.4 Å². The Morgan fingerprint density at radius 2 is 2.14 bits per heavy atom. The number of amides is 1. The average Bonchev–Trinajstić information content (AvgIpc) is 2.91. The van der Waals surface area contributed by atoms with Crippen LogP contribution in [0.5, 0.6) is 5.75 Å². The number of aliphatic hydroxyl groups excluding tert-OH is 1. The first-order chi connectivity index (χ1) is 10.6. The summed E-state index contributed by atoms with van der Waals surface area (Å²) in [6, 6.07) is 7.87. The lowest BCUT2D eigenvalue weighted by Gasteiger charge is -2.35. The van der Waals surface area contributed by atoms with Gasteiger partial charge >= 0.3 is 0 Å². The van der Waals surface area contributed by atoms with E-state index >= 15 is 0 Å². The lowest BCUT2D eigenvalue weighted by molar-refractivity contribution is -0.140. The van der Waals surface area contributed by atoms with Crippen LogP contribution in [0.2, 0.25) is 0 Å². The first kappa shape index (κ1) is 15.0. The van der Waals surface area contributed by atoms with Gasteiger partial charge in [0, 0.05) is 18.5 Å². The van der Waals surface area contributed by atoms with Gasteiger partial charge in [0.2, 0.25) is 5.91 Å². The first-order valence-corrected chi connectivity index (χ1v) is 8.07. The van der Waals surface area contributed by atoms with Crippen molar-refractivity contribution >= 4 is 17.2 Å². The number of thiazole rings is 1. The van der Waals surface area contributed by atoms with Crippen LogP contribution >= 0.6 is 11.3 Å². The van der Waals surface area contributed by atoms with Crippen LogP contribution in [0.4, 0.5) is 0 Å². The van der Waals surface area contributed by atoms with Gasteiger partial charge in [0.25, 0.3) is 0 Å². The quantitative estimate of drug-likeness (QED) is 0.913. The molecule has 1 aromatic carbocycles. The standard InChI is InChI=1S/C16H18N2O3S/c1-11-2-4-14(5-3-11)21-9-15-17-12(10-22-15)6-16(20)18-7-13(19)8-18/h2-5,10,13,19H,6-9H2,1H3. The highest BCUT2D eigenvalue weighted by Crippen LogP contribution is 2.17. The fraction of sp³-hybridized carbons (Fsp3) is 0.375. The van der Waals surface area contributed by atoms with Gasteiger partial charge in [-0.25, -0.2) is 4.98 Å². The van der Waals surface area contributed by atoms with E-state index in [0.717, 1.165) is 16.5 Å². The summed E-state index contributed by atoms with van der Waals surface area (Å²) in [6.45, 7) is 3.31. The van der Waals surface area contributed by atoms with Crippen LogP contribution in [0, 0.1) is 6.92 Å². The molecule has 0 unspecified atom stereocenters. The number of aromatic nitrogens is 1. The molecule has 3 rings (SSSR count). The van der Waals surface area contributed by atoms with Gasteiger partial charge < -0.3 is 14.7 Å². The molecule has 1 fully saturated rings. The van der Waals surface area contributed by atoms with E-state index in [4.69, 9.17) is 4.74 Å². The van der Waals surface area contributed by atoms with Gasteiger partial charge in [-0.2, -0.15) is 0 Å². The highest BCUT2D eigenvalue weighted by molar-refractivity contribution is 7.09. The Labute approximate surface area is 133 Å². The summed E-state index contributed by atoms with van der Waals surface area (Å²) in [7, 11) is 0. The number of hydrogen-bond acceptors (Lipinski definition) is 5. The largest absolute Gasteiger partial charge is 0.486 e. The number of hydrogen-bond donors (Lipinski definition) is 1. The van der Waals surface area contributed by atoms with E-state index in [2.05, 4.69) is 4.98 Å². The van der Waals surface area contributed by atoms with E-state index in [1.165, 1.54) is 16.9 Å². The highest BCUT2D eigenvalue weighted by atomic mass is 32.1. The Morgan fingerprint density at radius 1 is 1.41 bits per heavy atom. The van der Waals surface area contributed by atoms with Crippen molar-refractivity contribution in [2.75, 3.05) is 13.1 Å². The van der Waals surface area contributed by atoms with Crippen LogP contribution in [-0.2, 0) is 17.8 Å². The summed E-state index contributed by atoms with van der Waals surface area (Å²) in [4.78, 5) is 18.0. The molecule has 1 amide bonds. The second-order valence-corrected chi connectivity index (χ2v) is 6.41. The number of β-amino-alcohol motifs (C(OH)–C–C–N with tert-alkyl or cyclic N) is 1. The maximum absolute atomic E-state index is 11.9. The Morgan fingerprint density at radius 3 is 2.82 bits per heavy atom. The summed E-state index contributed by atoms with van der Waals surface area (Å²) in [5, 5.41) is 12.0. The van der Waals surface area contributed by atoms with Crippen LogP contribution in [-0.4, -0.2) is 40.1 Å². The molecule has 5 nitrogen and oxygen atoms in total. The molecule has 0 saturated carbocycles. The van der Waals surface area contributed by atoms with E-state index < -0.39 is 0 Å². The van der Waals surface area contributed by atoms with Gasteiger partial charge in [-0.05, 0) is 19.1 Å². The first-order valence-electron chi connectivity index (χ1n) is 7.19. The van der Waals surface area contributed by atoms with Crippen molar-refractivity contribution in [2.45, 2.75) is 26.1 Å². The highest BCUT2D eigenvalue weighted by Gasteiger charge is 2.28. The number of aryl methyl sites for hydroxylation is 1. The zero-order valence-corrected chi connectivity index (χ0v) is 13.2. The molecule has 6 heteroatoms. The number of ether oxygens (including phenoxy) is 1. The second-order valence-electron chi connectivity index (χ2n) is 5.46. The molecule has 1 aliphatic heterocycles. The van der Waals surface area contributed by atoms with Gasteiger partial charge in [-0.1, -0.05) is 17.7 Å². The van der Waals surface area contributed by atoms with Crippen LogP contribution in [0.15, 0.2) is 29.6 Å². The molecule has 1 aliphatic rings. The van der Waals surface area contributed by atoms with Crippen molar-refractivity contribution in [3.8, 4) is 5.75 Å². The maximum atomic E-state index is 11.9. The van der Waals surface area contributed by atoms with Crippen molar-refractivity contribution in [3.63, 3.8) is 0 Å². The normalized spacial score (nSPS) is 14.7. The molecule has 22 heavy (non-hydrogen) atoms. The lowest BCUT2D eigenvalue weighted by atomic mass is 10.1. The minimum atomic E-state index is -0.363. The number of benzene rings is 1. The third-order valence-corrected chi connectivity index (χ3v) is 4.40. The number of nitrogens with zero attached hydrogens (tertiary/aromatic N) is 2. The Kier molecular flexibility index (Phi) is 4.40. The number of likely N-dealkylation sites (tertiary alicyclic amines) is 1. The number of carbonyl (C=O) groups is 1. The van der Waals surface area contributed by atoms with Crippen LogP contribution in [0.25, 0.3) is 0 Å². The fourth-order valence-electron chi connectivity index (χ4n) is 2.20. The van der Waals surface area contributed by atoms with Crippen molar-refractivity contribution in [2.24, 2.45) is 0 Å². The summed E-state index contributed by atoms with van der Waals surface area (Å²) in [5.41, 5.74) is 1.96.